The molecule has 1 amide bonds. The normalized spacial score (nSPS) is 15.3. The smallest absolute Gasteiger partial charge is 0.271 e. The van der Waals surface area contributed by atoms with Crippen molar-refractivity contribution in [2.45, 2.75) is 44.2 Å². The summed E-state index contributed by atoms with van der Waals surface area (Å²) in [5.74, 6) is -0.352. The second kappa shape index (κ2) is 8.70. The quantitative estimate of drug-likeness (QED) is 0.794. The largest absolute Gasteiger partial charge is 0.350 e. The molecule has 0 radical (unpaired) electrons. The van der Waals surface area contributed by atoms with Crippen molar-refractivity contribution in [1.82, 2.24) is 14.2 Å². The maximum atomic E-state index is 12.8. The zero-order valence-electron chi connectivity index (χ0n) is 15.9. The molecule has 0 bridgehead atoms. The predicted octanol–water partition coefficient (Wildman–Crippen LogP) is 1.65. The van der Waals surface area contributed by atoms with Gasteiger partial charge in [-0.2, -0.15) is 4.31 Å². The van der Waals surface area contributed by atoms with E-state index >= 15 is 0 Å². The third-order valence-corrected chi connectivity index (χ3v) is 6.75. The van der Waals surface area contributed by atoms with Gasteiger partial charge in [-0.15, -0.1) is 0 Å². The summed E-state index contributed by atoms with van der Waals surface area (Å²) in [4.78, 5) is 24.6. The number of rotatable bonds is 6. The Morgan fingerprint density at radius 2 is 1.75 bits per heavy atom. The van der Waals surface area contributed by atoms with Crippen LogP contribution in [-0.2, 0) is 27.9 Å². The summed E-state index contributed by atoms with van der Waals surface area (Å²) >= 11 is 0. The van der Waals surface area contributed by atoms with Crippen molar-refractivity contribution >= 4 is 15.9 Å². The highest BCUT2D eigenvalue weighted by molar-refractivity contribution is 7.89. The maximum absolute atomic E-state index is 12.8. The van der Waals surface area contributed by atoms with Crippen LogP contribution in [-0.4, -0.2) is 36.3 Å². The Kier molecular flexibility index (Phi) is 6.31. The Balaban J connectivity index is 1.71. The van der Waals surface area contributed by atoms with E-state index < -0.39 is 15.6 Å². The Labute approximate surface area is 165 Å². The Hall–Kier alpha value is -2.45. The molecule has 28 heavy (non-hydrogen) atoms. The van der Waals surface area contributed by atoms with Gasteiger partial charge in [0.15, 0.2) is 0 Å². The maximum Gasteiger partial charge on any atom is 0.271 e. The summed E-state index contributed by atoms with van der Waals surface area (Å²) in [7, 11) is -3.84. The van der Waals surface area contributed by atoms with Crippen molar-refractivity contribution in [3.8, 4) is 0 Å². The van der Waals surface area contributed by atoms with Gasteiger partial charge in [0.2, 0.25) is 15.9 Å². The lowest BCUT2D eigenvalue weighted by Gasteiger charge is -2.25. The summed E-state index contributed by atoms with van der Waals surface area (Å²) in [6, 6.07) is 10.6. The van der Waals surface area contributed by atoms with Gasteiger partial charge in [0, 0.05) is 25.8 Å². The van der Waals surface area contributed by atoms with E-state index in [0.717, 1.165) is 35.0 Å². The first kappa shape index (κ1) is 20.3. The minimum Gasteiger partial charge on any atom is -0.350 e. The number of pyridine rings is 1. The molecule has 0 saturated carbocycles. The average Bonchev–Trinajstić information content (AvgIpc) is 2.69. The van der Waals surface area contributed by atoms with Crippen LogP contribution in [0.25, 0.3) is 0 Å². The molecular formula is C20H25N3O4S. The third kappa shape index (κ3) is 4.69. The van der Waals surface area contributed by atoms with Gasteiger partial charge in [0.1, 0.15) is 11.4 Å². The van der Waals surface area contributed by atoms with Crippen LogP contribution in [0.5, 0.6) is 0 Å². The van der Waals surface area contributed by atoms with Gasteiger partial charge < -0.3 is 9.88 Å². The molecular weight excluding hydrogens is 378 g/mol. The van der Waals surface area contributed by atoms with E-state index in [-0.39, 0.29) is 17.3 Å². The van der Waals surface area contributed by atoms with Crippen molar-refractivity contribution in [2.24, 2.45) is 0 Å². The topological polar surface area (TPSA) is 88.5 Å². The number of hydrogen-bond acceptors (Lipinski definition) is 4. The molecule has 1 fully saturated rings. The van der Waals surface area contributed by atoms with Gasteiger partial charge in [0.05, 0.1) is 0 Å². The predicted molar refractivity (Wildman–Crippen MR) is 106 cm³/mol. The van der Waals surface area contributed by atoms with E-state index in [1.807, 2.05) is 31.2 Å². The number of amides is 1. The first-order valence-corrected chi connectivity index (χ1v) is 10.8. The number of aromatic nitrogens is 1. The molecule has 150 valence electrons. The second-order valence-corrected chi connectivity index (χ2v) is 8.94. The highest BCUT2D eigenvalue weighted by Crippen LogP contribution is 2.18. The van der Waals surface area contributed by atoms with Crippen molar-refractivity contribution in [2.75, 3.05) is 13.1 Å². The van der Waals surface area contributed by atoms with Gasteiger partial charge in [-0.05, 0) is 37.5 Å². The molecule has 0 atom stereocenters. The molecule has 1 aromatic heterocycles. The van der Waals surface area contributed by atoms with Gasteiger partial charge in [-0.25, -0.2) is 8.42 Å². The van der Waals surface area contributed by atoms with Gasteiger partial charge in [0.25, 0.3) is 5.56 Å². The van der Waals surface area contributed by atoms with Gasteiger partial charge in [-0.3, -0.25) is 9.59 Å². The molecule has 0 unspecified atom stereocenters. The van der Waals surface area contributed by atoms with Gasteiger partial charge in [-0.1, -0.05) is 36.2 Å². The zero-order chi connectivity index (χ0) is 20.1. The number of sulfonamides is 1. The Morgan fingerprint density at radius 1 is 1.07 bits per heavy atom. The molecule has 1 N–H and O–H groups in total. The highest BCUT2D eigenvalue weighted by Gasteiger charge is 2.28. The summed E-state index contributed by atoms with van der Waals surface area (Å²) in [6.07, 6.45) is 4.01. The molecule has 3 rings (SSSR count). The standard InChI is InChI=1S/C20H25N3O4S/c1-16-7-9-17(10-8-16)14-21-19(24)15-22-11-5-6-18(20(22)25)28(26,27)23-12-3-2-4-13-23/h5-11H,2-4,12-15H2,1H3,(H,21,24). The third-order valence-electron chi connectivity index (χ3n) is 4.84. The molecule has 8 heteroatoms. The average molecular weight is 404 g/mol. The summed E-state index contributed by atoms with van der Waals surface area (Å²) in [5, 5.41) is 2.76. The van der Waals surface area contributed by atoms with E-state index in [4.69, 9.17) is 0 Å². The highest BCUT2D eigenvalue weighted by atomic mass is 32.2. The number of benzene rings is 1. The lowest BCUT2D eigenvalue weighted by molar-refractivity contribution is -0.121. The fourth-order valence-corrected chi connectivity index (χ4v) is 4.80. The van der Waals surface area contributed by atoms with Crippen LogP contribution >= 0.6 is 0 Å². The van der Waals surface area contributed by atoms with Crippen molar-refractivity contribution in [3.05, 3.63) is 64.1 Å². The Bertz CT molecular complexity index is 991. The molecule has 0 spiro atoms. The van der Waals surface area contributed by atoms with Crippen LogP contribution in [0.2, 0.25) is 0 Å². The molecule has 0 aliphatic carbocycles. The number of hydrogen-bond donors (Lipinski definition) is 1. The van der Waals surface area contributed by atoms with Crippen LogP contribution in [0.15, 0.2) is 52.3 Å². The number of carbonyl (C=O) groups is 1. The van der Waals surface area contributed by atoms with E-state index in [2.05, 4.69) is 5.32 Å². The molecule has 1 aliphatic rings. The minimum atomic E-state index is -3.84. The van der Waals surface area contributed by atoms with Crippen LogP contribution in [0.1, 0.15) is 30.4 Å². The second-order valence-electron chi connectivity index (χ2n) is 7.03. The van der Waals surface area contributed by atoms with Gasteiger partial charge >= 0.3 is 0 Å². The van der Waals surface area contributed by atoms with Crippen LogP contribution in [0.3, 0.4) is 0 Å². The number of nitrogens with zero attached hydrogens (tertiary/aromatic N) is 2. The summed E-state index contributed by atoms with van der Waals surface area (Å²) in [5.41, 5.74) is 1.42. The minimum absolute atomic E-state index is 0.228. The van der Waals surface area contributed by atoms with E-state index in [1.54, 1.807) is 0 Å². The lowest BCUT2D eigenvalue weighted by Crippen LogP contribution is -2.40. The fourth-order valence-electron chi connectivity index (χ4n) is 3.20. The van der Waals surface area contributed by atoms with E-state index in [0.29, 0.717) is 19.6 Å². The summed E-state index contributed by atoms with van der Waals surface area (Å²) in [6.45, 7) is 2.95. The van der Waals surface area contributed by atoms with Crippen LogP contribution in [0.4, 0.5) is 0 Å². The number of nitrogens with one attached hydrogen (secondary N) is 1. The summed E-state index contributed by atoms with van der Waals surface area (Å²) < 4.78 is 28.1. The van der Waals surface area contributed by atoms with Crippen LogP contribution in [0, 0.1) is 6.92 Å². The zero-order valence-corrected chi connectivity index (χ0v) is 16.7. The molecule has 2 aromatic rings. The SMILES string of the molecule is Cc1ccc(CNC(=O)Cn2cccc(S(=O)(=O)N3CCCCC3)c2=O)cc1. The molecule has 1 saturated heterocycles. The van der Waals surface area contributed by atoms with Crippen molar-refractivity contribution in [3.63, 3.8) is 0 Å². The van der Waals surface area contributed by atoms with E-state index in [9.17, 15) is 18.0 Å². The molecule has 7 nitrogen and oxygen atoms in total. The first-order chi connectivity index (χ1) is 13.4. The number of piperidine rings is 1. The lowest BCUT2D eigenvalue weighted by atomic mass is 10.1. The first-order valence-electron chi connectivity index (χ1n) is 9.40. The molecule has 2 heterocycles. The molecule has 1 aliphatic heterocycles. The Morgan fingerprint density at radius 3 is 2.43 bits per heavy atom. The number of aryl methyl sites for hydroxylation is 1. The van der Waals surface area contributed by atoms with Crippen LogP contribution < -0.4 is 10.9 Å². The monoisotopic (exact) mass is 403 g/mol. The van der Waals surface area contributed by atoms with E-state index in [1.165, 1.54) is 22.6 Å². The molecule has 1 aromatic carbocycles. The fraction of sp³-hybridized carbons (Fsp3) is 0.400. The number of carbonyl (C=O) groups excluding carboxylic acids is 1. The van der Waals surface area contributed by atoms with Crippen molar-refractivity contribution < 1.29 is 13.2 Å². The van der Waals surface area contributed by atoms with Crippen molar-refractivity contribution in [1.29, 1.82) is 0 Å².